The molecular formula is C31H31ClF3N5O4. The van der Waals surface area contributed by atoms with E-state index in [2.05, 4.69) is 10.1 Å². The van der Waals surface area contributed by atoms with Crippen molar-refractivity contribution in [3.63, 3.8) is 0 Å². The fourth-order valence-corrected chi connectivity index (χ4v) is 5.67. The van der Waals surface area contributed by atoms with E-state index < -0.39 is 28.4 Å². The zero-order valence-electron chi connectivity index (χ0n) is 24.6. The minimum Gasteiger partial charge on any atom is -0.466 e. The number of likely N-dealkylation sites (tertiary alicyclic amines) is 1. The number of carbonyl (C=O) groups excluding carboxylic acids is 2. The Morgan fingerprint density at radius 3 is 2.50 bits per heavy atom. The first-order valence-electron chi connectivity index (χ1n) is 14.0. The second kappa shape index (κ2) is 12.8. The summed E-state index contributed by atoms with van der Waals surface area (Å²) >= 11 is 5.70. The van der Waals surface area contributed by atoms with Gasteiger partial charge in [0.15, 0.2) is 11.3 Å². The minimum atomic E-state index is -0.966. The molecule has 5 rings (SSSR count). The number of para-hydroxylation sites is 1. The van der Waals surface area contributed by atoms with Crippen LogP contribution in [-0.4, -0.2) is 71.3 Å². The summed E-state index contributed by atoms with van der Waals surface area (Å²) < 4.78 is 56.0. The number of aromatic nitrogens is 3. The summed E-state index contributed by atoms with van der Waals surface area (Å²) in [4.78, 5) is 33.4. The molecule has 1 saturated heterocycles. The number of rotatable bonds is 8. The Hall–Kier alpha value is -4.16. The van der Waals surface area contributed by atoms with Crippen molar-refractivity contribution in [2.75, 3.05) is 38.8 Å². The monoisotopic (exact) mass is 629 g/mol. The summed E-state index contributed by atoms with van der Waals surface area (Å²) in [6.45, 7) is 4.36. The van der Waals surface area contributed by atoms with Gasteiger partial charge in [-0.05, 0) is 49.9 Å². The molecule has 4 aromatic rings. The standard InChI is InChI=1S/C31H31ClF3N5O4/c1-5-44-28(41)13-18-9-10-39(16-25(18)43-4)31(42)24-14-26-36-23(19-11-21(34)29(32)22(35)12-19)15-27(40(26)37-24)38(3)30-17(2)7-6-8-20(30)33/h6-8,11-12,14-15,18,25H,5,9-10,13,16H2,1-4H3/t18-,25-/m0/s1. The lowest BCUT2D eigenvalue weighted by Gasteiger charge is -2.37. The summed E-state index contributed by atoms with van der Waals surface area (Å²) in [6, 6.07) is 9.72. The largest absolute Gasteiger partial charge is 0.466 e. The number of fused-ring (bicyclic) bond motifs is 1. The average Bonchev–Trinajstić information content (AvgIpc) is 3.43. The number of benzene rings is 2. The highest BCUT2D eigenvalue weighted by Gasteiger charge is 2.34. The van der Waals surface area contributed by atoms with Gasteiger partial charge in [-0.2, -0.15) is 9.61 Å². The molecule has 2 atom stereocenters. The number of halogens is 4. The van der Waals surface area contributed by atoms with Crippen molar-refractivity contribution in [2.45, 2.75) is 32.8 Å². The minimum absolute atomic E-state index is 0.0571. The Morgan fingerprint density at radius 2 is 1.84 bits per heavy atom. The van der Waals surface area contributed by atoms with E-state index in [1.807, 2.05) is 0 Å². The number of methoxy groups -OCH3 is 1. The maximum Gasteiger partial charge on any atom is 0.306 e. The predicted octanol–water partition coefficient (Wildman–Crippen LogP) is 5.97. The molecule has 232 valence electrons. The van der Waals surface area contributed by atoms with Crippen molar-refractivity contribution in [3.8, 4) is 11.3 Å². The number of piperidine rings is 1. The van der Waals surface area contributed by atoms with E-state index in [1.54, 1.807) is 37.9 Å². The molecule has 9 nitrogen and oxygen atoms in total. The third-order valence-corrected chi connectivity index (χ3v) is 8.16. The molecule has 0 spiro atoms. The first-order chi connectivity index (χ1) is 21.0. The van der Waals surface area contributed by atoms with Crippen LogP contribution in [0.1, 0.15) is 35.8 Å². The number of carbonyl (C=O) groups is 2. The van der Waals surface area contributed by atoms with Crippen molar-refractivity contribution in [1.82, 2.24) is 19.5 Å². The molecule has 0 radical (unpaired) electrons. The Morgan fingerprint density at radius 1 is 1.11 bits per heavy atom. The van der Waals surface area contributed by atoms with Gasteiger partial charge in [0.05, 0.1) is 30.5 Å². The SMILES string of the molecule is CCOC(=O)C[C@@H]1CCN(C(=O)c2cc3nc(-c4cc(F)c(Cl)c(F)c4)cc(N(C)c4c(C)cccc4F)n3n2)C[C@@H]1OC. The molecule has 0 saturated carbocycles. The van der Waals surface area contributed by atoms with E-state index in [9.17, 15) is 18.4 Å². The van der Waals surface area contributed by atoms with Gasteiger partial charge in [0.2, 0.25) is 0 Å². The van der Waals surface area contributed by atoms with Crippen molar-refractivity contribution < 1.29 is 32.2 Å². The molecule has 3 heterocycles. The number of nitrogens with zero attached hydrogens (tertiary/aromatic N) is 5. The lowest BCUT2D eigenvalue weighted by atomic mass is 9.90. The number of hydrogen-bond acceptors (Lipinski definition) is 7. The van der Waals surface area contributed by atoms with Crippen molar-refractivity contribution in [2.24, 2.45) is 5.92 Å². The molecule has 1 aliphatic heterocycles. The molecule has 0 N–H and O–H groups in total. The number of esters is 1. The molecule has 0 aliphatic carbocycles. The zero-order chi connectivity index (χ0) is 31.7. The highest BCUT2D eigenvalue weighted by Crippen LogP contribution is 2.34. The first kappa shape index (κ1) is 31.3. The lowest BCUT2D eigenvalue weighted by Crippen LogP contribution is -2.48. The lowest BCUT2D eigenvalue weighted by molar-refractivity contribution is -0.146. The van der Waals surface area contributed by atoms with Crippen LogP contribution in [-0.2, 0) is 14.3 Å². The first-order valence-corrected chi connectivity index (χ1v) is 14.4. The van der Waals surface area contributed by atoms with Gasteiger partial charge in [-0.1, -0.05) is 23.7 Å². The maximum atomic E-state index is 15.1. The van der Waals surface area contributed by atoms with Gasteiger partial charge in [-0.3, -0.25) is 9.59 Å². The summed E-state index contributed by atoms with van der Waals surface area (Å²) in [5, 5.41) is 3.89. The number of amides is 1. The highest BCUT2D eigenvalue weighted by molar-refractivity contribution is 6.31. The quantitative estimate of drug-likeness (QED) is 0.175. The van der Waals surface area contributed by atoms with Gasteiger partial charge in [-0.25, -0.2) is 18.2 Å². The van der Waals surface area contributed by atoms with E-state index in [-0.39, 0.29) is 71.7 Å². The molecule has 0 unspecified atom stereocenters. The fraction of sp³-hybridized carbons (Fsp3) is 0.355. The van der Waals surface area contributed by atoms with Crippen LogP contribution in [0.3, 0.4) is 0 Å². The van der Waals surface area contributed by atoms with Crippen LogP contribution in [0, 0.1) is 30.3 Å². The van der Waals surface area contributed by atoms with Gasteiger partial charge in [0.1, 0.15) is 28.3 Å². The topological polar surface area (TPSA) is 89.3 Å². The maximum absolute atomic E-state index is 15.1. The molecule has 1 fully saturated rings. The van der Waals surface area contributed by atoms with Crippen LogP contribution in [0.2, 0.25) is 5.02 Å². The summed E-state index contributed by atoms with van der Waals surface area (Å²) in [5.41, 5.74) is 1.37. The molecule has 1 amide bonds. The second-order valence-corrected chi connectivity index (χ2v) is 11.0. The Kier molecular flexibility index (Phi) is 9.12. The van der Waals surface area contributed by atoms with E-state index in [4.69, 9.17) is 21.1 Å². The smallest absolute Gasteiger partial charge is 0.306 e. The molecule has 0 bridgehead atoms. The molecule has 1 aliphatic rings. The van der Waals surface area contributed by atoms with Gasteiger partial charge < -0.3 is 19.3 Å². The van der Waals surface area contributed by atoms with Crippen LogP contribution in [0.4, 0.5) is 24.7 Å². The number of aryl methyl sites for hydroxylation is 1. The Bertz CT molecular complexity index is 1690. The van der Waals surface area contributed by atoms with Gasteiger partial charge in [0, 0.05) is 44.9 Å². The van der Waals surface area contributed by atoms with Crippen LogP contribution < -0.4 is 4.90 Å². The van der Waals surface area contributed by atoms with Gasteiger partial charge in [-0.15, -0.1) is 0 Å². The van der Waals surface area contributed by atoms with Crippen LogP contribution in [0.15, 0.2) is 42.5 Å². The molecule has 2 aromatic carbocycles. The second-order valence-electron chi connectivity index (χ2n) is 10.6. The van der Waals surface area contributed by atoms with Crippen molar-refractivity contribution in [1.29, 1.82) is 0 Å². The summed E-state index contributed by atoms with van der Waals surface area (Å²) in [7, 11) is 3.15. The molecule has 13 heteroatoms. The Labute approximate surface area is 257 Å². The molecular weight excluding hydrogens is 599 g/mol. The zero-order valence-corrected chi connectivity index (χ0v) is 25.4. The number of ether oxygens (including phenoxy) is 2. The van der Waals surface area contributed by atoms with E-state index in [0.29, 0.717) is 18.5 Å². The molecule has 44 heavy (non-hydrogen) atoms. The average molecular weight is 630 g/mol. The third kappa shape index (κ3) is 6.09. The van der Waals surface area contributed by atoms with Gasteiger partial charge >= 0.3 is 5.97 Å². The Balaban J connectivity index is 1.55. The van der Waals surface area contributed by atoms with Crippen molar-refractivity contribution in [3.05, 3.63) is 76.2 Å². The highest BCUT2D eigenvalue weighted by atomic mass is 35.5. The predicted molar refractivity (Wildman–Crippen MR) is 159 cm³/mol. The third-order valence-electron chi connectivity index (χ3n) is 7.79. The fourth-order valence-electron chi connectivity index (χ4n) is 5.56. The normalized spacial score (nSPS) is 16.8. The van der Waals surface area contributed by atoms with Crippen molar-refractivity contribution >= 4 is 40.6 Å². The van der Waals surface area contributed by atoms with Crippen LogP contribution in [0.5, 0.6) is 0 Å². The summed E-state index contributed by atoms with van der Waals surface area (Å²) in [6.07, 6.45) is 0.318. The van der Waals surface area contributed by atoms with Gasteiger partial charge in [0.25, 0.3) is 5.91 Å². The van der Waals surface area contributed by atoms with E-state index >= 15 is 4.39 Å². The van der Waals surface area contributed by atoms with E-state index in [0.717, 1.165) is 12.1 Å². The molecule has 2 aromatic heterocycles. The number of hydrogen-bond donors (Lipinski definition) is 0. The summed E-state index contributed by atoms with van der Waals surface area (Å²) in [5.74, 6) is -2.97. The number of anilines is 2. The van der Waals surface area contributed by atoms with Crippen LogP contribution in [0.25, 0.3) is 16.9 Å². The van der Waals surface area contributed by atoms with Crippen LogP contribution >= 0.6 is 11.6 Å². The van der Waals surface area contributed by atoms with E-state index in [1.165, 1.54) is 34.7 Å².